The van der Waals surface area contributed by atoms with E-state index in [9.17, 15) is 0 Å². The minimum Gasteiger partial charge on any atom is -0.251 e. The molecule has 0 spiro atoms. The van der Waals surface area contributed by atoms with Crippen LogP contribution in [0.25, 0.3) is 0 Å². The fraction of sp³-hybridized carbons (Fsp3) is 1.00. The van der Waals surface area contributed by atoms with E-state index in [0.29, 0.717) is 0 Å². The van der Waals surface area contributed by atoms with Crippen LogP contribution in [0.4, 0.5) is 0 Å². The zero-order chi connectivity index (χ0) is 8.32. The molecule has 2 unspecified atom stereocenters. The normalized spacial score (nSPS) is 39.0. The van der Waals surface area contributed by atoms with E-state index in [1.807, 2.05) is 6.92 Å². The topological polar surface area (TPSA) is 29.5 Å². The molecular weight excluding hydrogens is 140 g/mol. The summed E-state index contributed by atoms with van der Waals surface area (Å²) in [6.45, 7) is 4.20. The second kappa shape index (κ2) is 3.55. The second-order valence-electron chi connectivity index (χ2n) is 3.91. The summed E-state index contributed by atoms with van der Waals surface area (Å²) in [5.41, 5.74) is -0.251. The Morgan fingerprint density at radius 2 is 2.36 bits per heavy atom. The van der Waals surface area contributed by atoms with Crippen molar-refractivity contribution in [1.82, 2.24) is 0 Å². The van der Waals surface area contributed by atoms with E-state index < -0.39 is 0 Å². The average molecular weight is 158 g/mol. The Hall–Kier alpha value is -0.0800. The second-order valence-corrected chi connectivity index (χ2v) is 3.91. The monoisotopic (exact) mass is 158 g/mol. The van der Waals surface area contributed by atoms with Crippen molar-refractivity contribution in [2.75, 3.05) is 0 Å². The fourth-order valence-electron chi connectivity index (χ4n) is 2.01. The van der Waals surface area contributed by atoms with Crippen molar-refractivity contribution >= 4 is 0 Å². The Labute approximate surface area is 68.5 Å². The summed E-state index contributed by atoms with van der Waals surface area (Å²) in [5, 5.41) is 8.66. The maximum absolute atomic E-state index is 8.66. The van der Waals surface area contributed by atoms with Crippen LogP contribution in [0, 0.1) is 5.92 Å². The lowest BCUT2D eigenvalue weighted by molar-refractivity contribution is -0.328. The molecule has 1 aliphatic carbocycles. The minimum absolute atomic E-state index is 0.251. The predicted octanol–water partition coefficient (Wildman–Crippen LogP) is 2.83. The van der Waals surface area contributed by atoms with E-state index in [-0.39, 0.29) is 5.60 Å². The third-order valence-corrected chi connectivity index (χ3v) is 2.84. The largest absolute Gasteiger partial charge is 0.251 e. The Morgan fingerprint density at radius 1 is 1.64 bits per heavy atom. The molecule has 1 rings (SSSR count). The first-order chi connectivity index (χ1) is 5.20. The molecule has 1 fully saturated rings. The van der Waals surface area contributed by atoms with Gasteiger partial charge in [0.2, 0.25) is 0 Å². The number of hydrogen-bond donors (Lipinski definition) is 1. The van der Waals surface area contributed by atoms with E-state index >= 15 is 0 Å². The van der Waals surface area contributed by atoms with Gasteiger partial charge in [-0.05, 0) is 25.7 Å². The van der Waals surface area contributed by atoms with Gasteiger partial charge in [-0.25, -0.2) is 4.89 Å². The van der Waals surface area contributed by atoms with E-state index in [2.05, 4.69) is 11.8 Å². The fourth-order valence-corrected chi connectivity index (χ4v) is 2.01. The number of hydrogen-bond acceptors (Lipinski definition) is 2. The highest BCUT2D eigenvalue weighted by molar-refractivity contribution is 4.82. The molecule has 1 saturated carbocycles. The van der Waals surface area contributed by atoms with Crippen LogP contribution >= 0.6 is 0 Å². The van der Waals surface area contributed by atoms with E-state index in [1.165, 1.54) is 19.3 Å². The van der Waals surface area contributed by atoms with Crippen molar-refractivity contribution in [1.29, 1.82) is 0 Å². The first kappa shape index (κ1) is 9.01. The molecule has 0 aromatic heterocycles. The van der Waals surface area contributed by atoms with Crippen molar-refractivity contribution < 1.29 is 10.1 Å². The Kier molecular flexibility index (Phi) is 2.90. The van der Waals surface area contributed by atoms with Crippen molar-refractivity contribution in [3.05, 3.63) is 0 Å². The summed E-state index contributed by atoms with van der Waals surface area (Å²) in [4.78, 5) is 4.51. The zero-order valence-electron chi connectivity index (χ0n) is 7.47. The van der Waals surface area contributed by atoms with E-state index in [0.717, 1.165) is 18.8 Å². The minimum atomic E-state index is -0.251. The highest BCUT2D eigenvalue weighted by Crippen LogP contribution is 2.35. The van der Waals surface area contributed by atoms with Crippen LogP contribution in [0.1, 0.15) is 46.0 Å². The van der Waals surface area contributed by atoms with Crippen molar-refractivity contribution in [3.8, 4) is 0 Å². The summed E-state index contributed by atoms with van der Waals surface area (Å²) in [7, 11) is 0. The van der Waals surface area contributed by atoms with Gasteiger partial charge < -0.3 is 0 Å². The zero-order valence-corrected chi connectivity index (χ0v) is 7.47. The molecule has 2 nitrogen and oxygen atoms in total. The molecule has 0 amide bonds. The molecule has 0 radical (unpaired) electrons. The average Bonchev–Trinajstić information content (AvgIpc) is 2.05. The van der Waals surface area contributed by atoms with Gasteiger partial charge in [0.05, 0.1) is 0 Å². The van der Waals surface area contributed by atoms with Crippen molar-refractivity contribution in [3.63, 3.8) is 0 Å². The Bertz CT molecular complexity index is 125. The molecule has 1 N–H and O–H groups in total. The summed E-state index contributed by atoms with van der Waals surface area (Å²) < 4.78 is 0. The summed E-state index contributed by atoms with van der Waals surface area (Å²) in [6, 6.07) is 0. The van der Waals surface area contributed by atoms with Crippen LogP contribution in [0.5, 0.6) is 0 Å². The van der Waals surface area contributed by atoms with Gasteiger partial charge in [0.25, 0.3) is 0 Å². The summed E-state index contributed by atoms with van der Waals surface area (Å²) in [6.07, 6.45) is 5.71. The Balaban J connectivity index is 2.44. The molecule has 66 valence electrons. The number of rotatable bonds is 2. The van der Waals surface area contributed by atoms with Gasteiger partial charge in [0.15, 0.2) is 0 Å². The van der Waals surface area contributed by atoms with E-state index in [4.69, 9.17) is 5.26 Å². The Morgan fingerprint density at radius 3 is 2.91 bits per heavy atom. The highest BCUT2D eigenvalue weighted by Gasteiger charge is 2.32. The molecular formula is C9H18O2. The molecule has 11 heavy (non-hydrogen) atoms. The van der Waals surface area contributed by atoms with Gasteiger partial charge in [-0.15, -0.1) is 0 Å². The SMILES string of the molecule is CCC1CCCC(C)(OO)C1. The van der Waals surface area contributed by atoms with Crippen molar-refractivity contribution in [2.24, 2.45) is 5.92 Å². The maximum atomic E-state index is 8.66. The van der Waals surface area contributed by atoms with Gasteiger partial charge in [0.1, 0.15) is 5.60 Å². The lowest BCUT2D eigenvalue weighted by Gasteiger charge is -2.34. The molecule has 0 aromatic carbocycles. The van der Waals surface area contributed by atoms with Crippen LogP contribution in [-0.4, -0.2) is 10.9 Å². The van der Waals surface area contributed by atoms with Crippen LogP contribution < -0.4 is 0 Å². The lowest BCUT2D eigenvalue weighted by atomic mass is 9.78. The third-order valence-electron chi connectivity index (χ3n) is 2.84. The summed E-state index contributed by atoms with van der Waals surface area (Å²) >= 11 is 0. The van der Waals surface area contributed by atoms with Crippen LogP contribution in [-0.2, 0) is 4.89 Å². The van der Waals surface area contributed by atoms with Gasteiger partial charge in [-0.2, -0.15) is 0 Å². The molecule has 0 aromatic rings. The van der Waals surface area contributed by atoms with Gasteiger partial charge in [0, 0.05) is 0 Å². The maximum Gasteiger partial charge on any atom is 0.101 e. The third kappa shape index (κ3) is 2.17. The van der Waals surface area contributed by atoms with Gasteiger partial charge >= 0.3 is 0 Å². The van der Waals surface area contributed by atoms with Gasteiger partial charge in [-0.1, -0.05) is 26.2 Å². The van der Waals surface area contributed by atoms with E-state index in [1.54, 1.807) is 0 Å². The van der Waals surface area contributed by atoms with Crippen LogP contribution in [0.15, 0.2) is 0 Å². The molecule has 2 heteroatoms. The summed E-state index contributed by atoms with van der Waals surface area (Å²) in [5.74, 6) is 0.751. The lowest BCUT2D eigenvalue weighted by Crippen LogP contribution is -2.34. The highest BCUT2D eigenvalue weighted by atomic mass is 17.1. The molecule has 0 aliphatic heterocycles. The molecule has 0 bridgehead atoms. The van der Waals surface area contributed by atoms with Gasteiger partial charge in [-0.3, -0.25) is 5.26 Å². The first-order valence-corrected chi connectivity index (χ1v) is 4.53. The van der Waals surface area contributed by atoms with Crippen molar-refractivity contribution in [2.45, 2.75) is 51.6 Å². The quantitative estimate of drug-likeness (QED) is 0.494. The predicted molar refractivity (Wildman–Crippen MR) is 44.4 cm³/mol. The standard InChI is InChI=1S/C9H18O2/c1-3-8-5-4-6-9(2,7-8)11-10/h8,10H,3-7H2,1-2H3. The molecule has 0 heterocycles. The molecule has 1 aliphatic rings. The van der Waals surface area contributed by atoms with Crippen LogP contribution in [0.3, 0.4) is 0 Å². The molecule has 2 atom stereocenters. The first-order valence-electron chi connectivity index (χ1n) is 4.53. The molecule has 0 saturated heterocycles. The van der Waals surface area contributed by atoms with Crippen LogP contribution in [0.2, 0.25) is 0 Å². The smallest absolute Gasteiger partial charge is 0.101 e.